The van der Waals surface area contributed by atoms with Gasteiger partial charge in [0.1, 0.15) is 5.69 Å². The van der Waals surface area contributed by atoms with Crippen LogP contribution in [0.5, 0.6) is 0 Å². The molecular formula is C27H27NO2. The van der Waals surface area contributed by atoms with Crippen molar-refractivity contribution in [2.24, 2.45) is 0 Å². The zero-order valence-corrected chi connectivity index (χ0v) is 17.6. The summed E-state index contributed by atoms with van der Waals surface area (Å²) >= 11 is 0. The van der Waals surface area contributed by atoms with Crippen molar-refractivity contribution in [3.05, 3.63) is 84.1 Å². The average molecular weight is 398 g/mol. The lowest BCUT2D eigenvalue weighted by Crippen LogP contribution is -2.06. The van der Waals surface area contributed by atoms with Crippen molar-refractivity contribution in [1.82, 2.24) is 4.98 Å². The average Bonchev–Trinajstić information content (AvgIpc) is 3.18. The van der Waals surface area contributed by atoms with E-state index in [1.807, 2.05) is 43.3 Å². The summed E-state index contributed by atoms with van der Waals surface area (Å²) in [7, 11) is 0. The van der Waals surface area contributed by atoms with Gasteiger partial charge in [0.25, 0.3) is 0 Å². The largest absolute Gasteiger partial charge is 0.461 e. The molecule has 0 spiro atoms. The van der Waals surface area contributed by atoms with Crippen LogP contribution in [0.15, 0.2) is 72.8 Å². The molecule has 0 saturated carbocycles. The van der Waals surface area contributed by atoms with Crippen LogP contribution in [0.4, 0.5) is 0 Å². The van der Waals surface area contributed by atoms with E-state index in [9.17, 15) is 4.79 Å². The molecule has 0 radical (unpaired) electrons. The number of benzene rings is 3. The van der Waals surface area contributed by atoms with Crippen molar-refractivity contribution < 1.29 is 9.53 Å². The highest BCUT2D eigenvalue weighted by atomic mass is 16.5. The second-order valence-corrected chi connectivity index (χ2v) is 7.52. The maximum absolute atomic E-state index is 12.6. The van der Waals surface area contributed by atoms with Gasteiger partial charge in [0.05, 0.1) is 6.61 Å². The van der Waals surface area contributed by atoms with Crippen LogP contribution in [0, 0.1) is 0 Å². The normalized spacial score (nSPS) is 11.0. The lowest BCUT2D eigenvalue weighted by atomic mass is 9.97. The van der Waals surface area contributed by atoms with Gasteiger partial charge in [-0.1, -0.05) is 74.0 Å². The van der Waals surface area contributed by atoms with Crippen LogP contribution >= 0.6 is 0 Å². The van der Waals surface area contributed by atoms with E-state index in [2.05, 4.69) is 48.3 Å². The molecule has 3 aromatic carbocycles. The van der Waals surface area contributed by atoms with Crippen molar-refractivity contribution in [3.8, 4) is 22.3 Å². The lowest BCUT2D eigenvalue weighted by Gasteiger charge is -2.07. The third kappa shape index (κ3) is 4.02. The number of H-pyrrole nitrogens is 1. The lowest BCUT2D eigenvalue weighted by molar-refractivity contribution is 0.0521. The zero-order chi connectivity index (χ0) is 20.9. The Morgan fingerprint density at radius 2 is 1.60 bits per heavy atom. The fourth-order valence-electron chi connectivity index (χ4n) is 3.88. The number of nitrogens with one attached hydrogen (secondary N) is 1. The van der Waals surface area contributed by atoms with Gasteiger partial charge >= 0.3 is 5.97 Å². The SMILES string of the molecule is CCCCc1ccc(-c2ccc3[nH]c(C(=O)OCC)c(-c4ccccc4)c3c2)cc1. The number of aromatic amines is 1. The first-order chi connectivity index (χ1) is 14.7. The summed E-state index contributed by atoms with van der Waals surface area (Å²) in [6.45, 7) is 4.39. The van der Waals surface area contributed by atoms with Gasteiger partial charge in [-0.15, -0.1) is 0 Å². The number of hydrogen-bond donors (Lipinski definition) is 1. The maximum atomic E-state index is 12.6. The minimum absolute atomic E-state index is 0.325. The number of fused-ring (bicyclic) bond motifs is 1. The molecule has 0 saturated heterocycles. The third-order valence-electron chi connectivity index (χ3n) is 5.45. The van der Waals surface area contributed by atoms with Crippen LogP contribution < -0.4 is 0 Å². The Morgan fingerprint density at radius 3 is 2.30 bits per heavy atom. The number of rotatable bonds is 7. The summed E-state index contributed by atoms with van der Waals surface area (Å²) in [5.41, 5.74) is 7.01. The standard InChI is InChI=1S/C27H27NO2/c1-3-5-9-19-12-14-20(15-13-19)22-16-17-24-23(18-22)25(21-10-7-6-8-11-21)26(28-24)27(29)30-4-2/h6-8,10-18,28H,3-5,9H2,1-2H3. The minimum atomic E-state index is -0.325. The van der Waals surface area contributed by atoms with Crippen molar-refractivity contribution in [3.63, 3.8) is 0 Å². The Labute approximate surface area is 177 Å². The summed E-state index contributed by atoms with van der Waals surface area (Å²) in [5, 5.41) is 1.02. The van der Waals surface area contributed by atoms with E-state index >= 15 is 0 Å². The van der Waals surface area contributed by atoms with E-state index in [4.69, 9.17) is 4.74 Å². The van der Waals surface area contributed by atoms with Crippen molar-refractivity contribution in [2.45, 2.75) is 33.1 Å². The number of aryl methyl sites for hydroxylation is 1. The predicted molar refractivity (Wildman–Crippen MR) is 124 cm³/mol. The van der Waals surface area contributed by atoms with Crippen LogP contribution in [-0.4, -0.2) is 17.6 Å². The Kier molecular flexibility index (Phi) is 5.99. The van der Waals surface area contributed by atoms with Gasteiger partial charge in [0, 0.05) is 16.5 Å². The molecule has 0 fully saturated rings. The predicted octanol–water partition coefficient (Wildman–Crippen LogP) is 7.02. The first kappa shape index (κ1) is 20.0. The Balaban J connectivity index is 1.81. The molecule has 3 heteroatoms. The molecule has 3 nitrogen and oxygen atoms in total. The molecular weight excluding hydrogens is 370 g/mol. The molecule has 1 heterocycles. The number of ether oxygens (including phenoxy) is 1. The van der Waals surface area contributed by atoms with Crippen molar-refractivity contribution in [2.75, 3.05) is 6.61 Å². The number of carbonyl (C=O) groups excluding carboxylic acids is 1. The number of aromatic nitrogens is 1. The van der Waals surface area contributed by atoms with Crippen LogP contribution in [0.3, 0.4) is 0 Å². The van der Waals surface area contributed by atoms with E-state index in [-0.39, 0.29) is 5.97 Å². The van der Waals surface area contributed by atoms with Gasteiger partial charge in [0.15, 0.2) is 0 Å². The second kappa shape index (κ2) is 9.00. The summed E-state index contributed by atoms with van der Waals surface area (Å²) in [4.78, 5) is 15.9. The summed E-state index contributed by atoms with van der Waals surface area (Å²) < 4.78 is 5.31. The van der Waals surface area contributed by atoms with Crippen LogP contribution in [-0.2, 0) is 11.2 Å². The van der Waals surface area contributed by atoms with Gasteiger partial charge in [-0.2, -0.15) is 0 Å². The van der Waals surface area contributed by atoms with Gasteiger partial charge < -0.3 is 9.72 Å². The minimum Gasteiger partial charge on any atom is -0.461 e. The van der Waals surface area contributed by atoms with Crippen LogP contribution in [0.2, 0.25) is 0 Å². The fourth-order valence-corrected chi connectivity index (χ4v) is 3.88. The number of unbranched alkanes of at least 4 members (excludes halogenated alkanes) is 1. The van der Waals surface area contributed by atoms with Crippen LogP contribution in [0.1, 0.15) is 42.7 Å². The molecule has 0 aliphatic carbocycles. The molecule has 1 aromatic heterocycles. The fraction of sp³-hybridized carbons (Fsp3) is 0.222. The highest BCUT2D eigenvalue weighted by Crippen LogP contribution is 2.35. The smallest absolute Gasteiger partial charge is 0.355 e. The molecule has 0 bridgehead atoms. The molecule has 0 unspecified atom stereocenters. The molecule has 1 N–H and O–H groups in total. The molecule has 0 amide bonds. The van der Waals surface area contributed by atoms with E-state index in [1.165, 1.54) is 24.0 Å². The molecule has 0 aliphatic rings. The van der Waals surface area contributed by atoms with Crippen LogP contribution in [0.25, 0.3) is 33.2 Å². The Bertz CT molecular complexity index is 1140. The van der Waals surface area contributed by atoms with E-state index in [0.717, 1.165) is 34.0 Å². The molecule has 4 rings (SSSR count). The molecule has 152 valence electrons. The first-order valence-electron chi connectivity index (χ1n) is 10.7. The summed E-state index contributed by atoms with van der Waals surface area (Å²) in [6, 6.07) is 25.1. The van der Waals surface area contributed by atoms with E-state index in [1.54, 1.807) is 0 Å². The van der Waals surface area contributed by atoms with Gasteiger partial charge in [-0.05, 0) is 54.2 Å². The van der Waals surface area contributed by atoms with Gasteiger partial charge in [0.2, 0.25) is 0 Å². The summed E-state index contributed by atoms with van der Waals surface area (Å²) in [6.07, 6.45) is 3.54. The van der Waals surface area contributed by atoms with E-state index in [0.29, 0.717) is 12.3 Å². The van der Waals surface area contributed by atoms with Gasteiger partial charge in [-0.3, -0.25) is 0 Å². The first-order valence-corrected chi connectivity index (χ1v) is 10.7. The monoisotopic (exact) mass is 397 g/mol. The van der Waals surface area contributed by atoms with Gasteiger partial charge in [-0.25, -0.2) is 4.79 Å². The van der Waals surface area contributed by atoms with Crippen molar-refractivity contribution >= 4 is 16.9 Å². The Hall–Kier alpha value is -3.33. The number of carbonyl (C=O) groups is 1. The molecule has 0 aliphatic heterocycles. The topological polar surface area (TPSA) is 42.1 Å². The second-order valence-electron chi connectivity index (χ2n) is 7.52. The highest BCUT2D eigenvalue weighted by molar-refractivity contribution is 6.08. The molecule has 30 heavy (non-hydrogen) atoms. The quantitative estimate of drug-likeness (QED) is 0.340. The number of hydrogen-bond acceptors (Lipinski definition) is 2. The third-order valence-corrected chi connectivity index (χ3v) is 5.45. The van der Waals surface area contributed by atoms with E-state index < -0.39 is 0 Å². The zero-order valence-electron chi connectivity index (χ0n) is 17.6. The Morgan fingerprint density at radius 1 is 0.867 bits per heavy atom. The summed E-state index contributed by atoms with van der Waals surface area (Å²) in [5.74, 6) is -0.325. The highest BCUT2D eigenvalue weighted by Gasteiger charge is 2.20. The van der Waals surface area contributed by atoms with Crippen molar-refractivity contribution in [1.29, 1.82) is 0 Å². The maximum Gasteiger partial charge on any atom is 0.355 e. The molecule has 0 atom stereocenters. The number of esters is 1. The molecule has 4 aromatic rings.